The summed E-state index contributed by atoms with van der Waals surface area (Å²) < 4.78 is 7.66. The van der Waals surface area contributed by atoms with Crippen LogP contribution in [0.15, 0.2) is 89.7 Å². The Balaban J connectivity index is 1.20. The van der Waals surface area contributed by atoms with Gasteiger partial charge in [-0.25, -0.2) is 14.6 Å². The van der Waals surface area contributed by atoms with Crippen molar-refractivity contribution in [2.75, 3.05) is 19.7 Å². The number of para-hydroxylation sites is 2. The Morgan fingerprint density at radius 2 is 1.70 bits per heavy atom. The van der Waals surface area contributed by atoms with Crippen molar-refractivity contribution in [3.63, 3.8) is 0 Å². The number of rotatable bonds is 7. The van der Waals surface area contributed by atoms with Crippen molar-refractivity contribution >= 4 is 16.7 Å². The van der Waals surface area contributed by atoms with E-state index in [9.17, 15) is 4.79 Å². The lowest BCUT2D eigenvalue weighted by atomic mass is 9.98. The van der Waals surface area contributed by atoms with Gasteiger partial charge in [0.25, 0.3) is 0 Å². The number of benzene rings is 3. The molecule has 200 valence electrons. The van der Waals surface area contributed by atoms with Crippen LogP contribution in [0.1, 0.15) is 31.4 Å². The molecule has 1 aliphatic rings. The number of H-pyrrole nitrogens is 1. The molecule has 1 fully saturated rings. The number of aromatic nitrogens is 3. The van der Waals surface area contributed by atoms with Gasteiger partial charge in [-0.1, -0.05) is 66.7 Å². The largest absolute Gasteiger partial charge is 0.487 e. The highest BCUT2D eigenvalue weighted by molar-refractivity contribution is 5.84. The minimum absolute atomic E-state index is 0.0179. The lowest BCUT2D eigenvalue weighted by Gasteiger charge is -2.32. The maximum absolute atomic E-state index is 12.6. The van der Waals surface area contributed by atoms with Gasteiger partial charge in [0.15, 0.2) is 0 Å². The van der Waals surface area contributed by atoms with Gasteiger partial charge in [0.1, 0.15) is 0 Å². The molecule has 0 saturated carbocycles. The van der Waals surface area contributed by atoms with Crippen LogP contribution in [-0.2, 0) is 6.54 Å². The van der Waals surface area contributed by atoms with Gasteiger partial charge >= 0.3 is 5.69 Å². The average molecular weight is 530 g/mol. The highest BCUT2D eigenvalue weighted by atomic mass is 16.5. The lowest BCUT2D eigenvalue weighted by Crippen LogP contribution is -2.36. The van der Waals surface area contributed by atoms with Gasteiger partial charge in [0.2, 0.25) is 11.6 Å². The third kappa shape index (κ3) is 5.02. The first-order valence-electron chi connectivity index (χ1n) is 13.8. The normalized spacial score (nSPS) is 14.3. The number of aromatic amines is 1. The fourth-order valence-electron chi connectivity index (χ4n) is 5.67. The quantitative estimate of drug-likeness (QED) is 0.234. The Labute approximate surface area is 233 Å². The van der Waals surface area contributed by atoms with Crippen molar-refractivity contribution in [3.8, 4) is 28.3 Å². The molecule has 1 N–H and O–H groups in total. The maximum Gasteiger partial charge on any atom is 0.326 e. The molecule has 0 bridgehead atoms. The minimum atomic E-state index is -0.0179. The molecule has 3 heterocycles. The molecule has 0 aliphatic carbocycles. The summed E-state index contributed by atoms with van der Waals surface area (Å²) in [5.74, 6) is 0.369. The summed E-state index contributed by atoms with van der Waals surface area (Å²) in [6.45, 7) is 12.7. The Kier molecular flexibility index (Phi) is 7.17. The molecule has 7 nitrogen and oxygen atoms in total. The van der Waals surface area contributed by atoms with E-state index in [2.05, 4.69) is 39.0 Å². The summed E-state index contributed by atoms with van der Waals surface area (Å²) in [6.07, 6.45) is 1.88. The summed E-state index contributed by atoms with van der Waals surface area (Å²) >= 11 is 0. The third-order valence-electron chi connectivity index (χ3n) is 7.63. The van der Waals surface area contributed by atoms with Crippen LogP contribution >= 0.6 is 0 Å². The van der Waals surface area contributed by atoms with E-state index in [1.807, 2.05) is 72.2 Å². The zero-order valence-corrected chi connectivity index (χ0v) is 22.5. The molecule has 3 aromatic carbocycles. The number of hydrogen-bond acceptors (Lipinski definition) is 4. The molecular formula is C33H31N5O2. The van der Waals surface area contributed by atoms with E-state index < -0.39 is 0 Å². The first-order chi connectivity index (χ1) is 19.6. The van der Waals surface area contributed by atoms with Gasteiger partial charge in [-0.2, -0.15) is 0 Å². The molecule has 0 spiro atoms. The standard InChI is InChI=1S/C33H31N5O2/c1-3-40-32-29(34-2)21-27(24-9-5-4-6-10-24)31(36-32)25-15-13-23(14-16-25)22-37-19-17-26(18-20-37)38-30-12-8-7-11-28(30)35-33(38)39/h4-16,21,26H,3,17-20,22H2,1H3,(H,35,39). The summed E-state index contributed by atoms with van der Waals surface area (Å²) in [4.78, 5) is 26.6. The molecule has 5 aromatic rings. The minimum Gasteiger partial charge on any atom is -0.487 e. The van der Waals surface area contributed by atoms with Crippen molar-refractivity contribution in [3.05, 3.63) is 112 Å². The molecule has 0 unspecified atom stereocenters. The first-order valence-corrected chi connectivity index (χ1v) is 13.8. The Morgan fingerprint density at radius 3 is 2.42 bits per heavy atom. The van der Waals surface area contributed by atoms with Crippen molar-refractivity contribution in [2.24, 2.45) is 0 Å². The lowest BCUT2D eigenvalue weighted by molar-refractivity contribution is 0.180. The Hall–Kier alpha value is -4.67. The van der Waals surface area contributed by atoms with E-state index in [1.165, 1.54) is 5.56 Å². The van der Waals surface area contributed by atoms with Crippen molar-refractivity contribution in [1.29, 1.82) is 0 Å². The number of ether oxygens (including phenoxy) is 1. The molecule has 7 heteroatoms. The van der Waals surface area contributed by atoms with Crippen LogP contribution in [0.5, 0.6) is 5.88 Å². The van der Waals surface area contributed by atoms with Crippen LogP contribution in [0.2, 0.25) is 0 Å². The monoisotopic (exact) mass is 529 g/mol. The number of nitrogens with zero attached hydrogens (tertiary/aromatic N) is 4. The smallest absolute Gasteiger partial charge is 0.326 e. The van der Waals surface area contributed by atoms with Gasteiger partial charge in [-0.3, -0.25) is 9.47 Å². The van der Waals surface area contributed by atoms with Crippen molar-refractivity contribution < 1.29 is 4.74 Å². The number of likely N-dealkylation sites (tertiary alicyclic amines) is 1. The van der Waals surface area contributed by atoms with Crippen LogP contribution in [0.4, 0.5) is 5.69 Å². The predicted molar refractivity (Wildman–Crippen MR) is 159 cm³/mol. The number of piperidine rings is 1. The van der Waals surface area contributed by atoms with Gasteiger partial charge in [0.05, 0.1) is 29.9 Å². The second kappa shape index (κ2) is 11.2. The van der Waals surface area contributed by atoms with Crippen LogP contribution in [0.3, 0.4) is 0 Å². The van der Waals surface area contributed by atoms with E-state index in [4.69, 9.17) is 16.3 Å². The highest BCUT2D eigenvalue weighted by Crippen LogP contribution is 2.38. The molecule has 1 aliphatic heterocycles. The predicted octanol–water partition coefficient (Wildman–Crippen LogP) is 6.85. The van der Waals surface area contributed by atoms with E-state index in [1.54, 1.807) is 0 Å². The van der Waals surface area contributed by atoms with E-state index >= 15 is 0 Å². The number of nitrogens with one attached hydrogen (secondary N) is 1. The number of hydrogen-bond donors (Lipinski definition) is 1. The Morgan fingerprint density at radius 1 is 0.975 bits per heavy atom. The molecule has 1 saturated heterocycles. The second-order valence-electron chi connectivity index (χ2n) is 10.1. The van der Waals surface area contributed by atoms with Crippen LogP contribution < -0.4 is 10.4 Å². The topological polar surface area (TPSA) is 67.5 Å². The molecule has 0 radical (unpaired) electrons. The molecule has 0 atom stereocenters. The van der Waals surface area contributed by atoms with E-state index in [0.29, 0.717) is 18.2 Å². The number of imidazole rings is 1. The summed E-state index contributed by atoms with van der Waals surface area (Å²) in [6, 6.07) is 28.6. The zero-order valence-electron chi connectivity index (χ0n) is 22.5. The Bertz CT molecular complexity index is 1720. The molecule has 0 amide bonds. The van der Waals surface area contributed by atoms with Crippen LogP contribution in [0.25, 0.3) is 38.3 Å². The zero-order chi connectivity index (χ0) is 27.5. The van der Waals surface area contributed by atoms with Gasteiger partial charge in [-0.15, -0.1) is 0 Å². The van der Waals surface area contributed by atoms with Gasteiger partial charge in [0, 0.05) is 31.2 Å². The summed E-state index contributed by atoms with van der Waals surface area (Å²) in [5.41, 5.74) is 7.23. The van der Waals surface area contributed by atoms with Crippen molar-refractivity contribution in [2.45, 2.75) is 32.4 Å². The van der Waals surface area contributed by atoms with Gasteiger partial charge < -0.3 is 9.72 Å². The van der Waals surface area contributed by atoms with E-state index in [0.717, 1.165) is 65.9 Å². The van der Waals surface area contributed by atoms with Crippen LogP contribution in [0, 0.1) is 6.57 Å². The second-order valence-corrected chi connectivity index (χ2v) is 10.1. The SMILES string of the molecule is [C-]#[N+]c1cc(-c2ccccc2)c(-c2ccc(CN3CCC(n4c(=O)[nH]c5ccccc54)CC3)cc2)nc1OCC. The number of pyridine rings is 1. The fourth-order valence-corrected chi connectivity index (χ4v) is 5.67. The maximum atomic E-state index is 12.6. The van der Waals surface area contributed by atoms with Crippen molar-refractivity contribution in [1.82, 2.24) is 19.4 Å². The fraction of sp³-hybridized carbons (Fsp3) is 0.242. The first kappa shape index (κ1) is 25.6. The number of fused-ring (bicyclic) bond motifs is 1. The highest BCUT2D eigenvalue weighted by Gasteiger charge is 2.24. The molecule has 2 aromatic heterocycles. The molecule has 40 heavy (non-hydrogen) atoms. The third-order valence-corrected chi connectivity index (χ3v) is 7.63. The summed E-state index contributed by atoms with van der Waals surface area (Å²) in [7, 11) is 0. The molecule has 6 rings (SSSR count). The summed E-state index contributed by atoms with van der Waals surface area (Å²) in [5, 5.41) is 0. The van der Waals surface area contributed by atoms with Gasteiger partial charge in [-0.05, 0) is 54.7 Å². The molecular weight excluding hydrogens is 498 g/mol. The van der Waals surface area contributed by atoms with Crippen LogP contribution in [-0.4, -0.2) is 39.1 Å². The van der Waals surface area contributed by atoms with E-state index in [-0.39, 0.29) is 11.7 Å². The average Bonchev–Trinajstić information content (AvgIpc) is 3.34.